The molecule has 1 rings (SSSR count). The van der Waals surface area contributed by atoms with Gasteiger partial charge in [0.15, 0.2) is 0 Å². The minimum atomic E-state index is -0.342. The summed E-state index contributed by atoms with van der Waals surface area (Å²) >= 11 is 0. The third kappa shape index (κ3) is 4.88. The van der Waals surface area contributed by atoms with Gasteiger partial charge in [-0.05, 0) is 18.4 Å². The zero-order valence-electron chi connectivity index (χ0n) is 11.4. The van der Waals surface area contributed by atoms with Gasteiger partial charge in [-0.15, -0.1) is 0 Å². The largest absolute Gasteiger partial charge is 0.344 e. The molecule has 1 amide bonds. The number of benzene rings is 1. The summed E-state index contributed by atoms with van der Waals surface area (Å²) in [7, 11) is 1.83. The van der Waals surface area contributed by atoms with E-state index in [4.69, 9.17) is 5.73 Å². The fraction of sp³-hybridized carbons (Fsp3) is 0.533. The lowest BCUT2D eigenvalue weighted by Crippen LogP contribution is -2.42. The lowest BCUT2D eigenvalue weighted by atomic mass is 10.1. The monoisotopic (exact) mass is 248 g/mol. The van der Waals surface area contributed by atoms with E-state index >= 15 is 0 Å². The molecule has 0 aromatic heterocycles. The van der Waals surface area contributed by atoms with Crippen LogP contribution in [0.1, 0.15) is 31.7 Å². The van der Waals surface area contributed by atoms with Crippen molar-refractivity contribution in [2.24, 2.45) is 5.73 Å². The van der Waals surface area contributed by atoms with E-state index in [-0.39, 0.29) is 11.9 Å². The van der Waals surface area contributed by atoms with E-state index in [1.54, 1.807) is 4.90 Å². The molecule has 0 spiro atoms. The van der Waals surface area contributed by atoms with Gasteiger partial charge in [-0.25, -0.2) is 0 Å². The Bertz CT molecular complexity index is 351. The van der Waals surface area contributed by atoms with Gasteiger partial charge in [-0.2, -0.15) is 0 Å². The number of amides is 1. The van der Waals surface area contributed by atoms with Crippen molar-refractivity contribution >= 4 is 5.91 Å². The van der Waals surface area contributed by atoms with E-state index in [0.717, 1.165) is 32.2 Å². The standard InChI is InChI=1S/C15H24N2O/c1-3-4-10-14(16)15(18)17(2)12-11-13-8-6-5-7-9-13/h5-9,14H,3-4,10-12,16H2,1-2H3/t14-/m0/s1. The summed E-state index contributed by atoms with van der Waals surface area (Å²) in [4.78, 5) is 13.7. The van der Waals surface area contributed by atoms with E-state index in [0.29, 0.717) is 0 Å². The van der Waals surface area contributed by atoms with Crippen LogP contribution in [0.4, 0.5) is 0 Å². The van der Waals surface area contributed by atoms with Crippen LogP contribution in [0.2, 0.25) is 0 Å². The predicted molar refractivity (Wildman–Crippen MR) is 75.3 cm³/mol. The molecule has 0 heterocycles. The fourth-order valence-electron chi connectivity index (χ4n) is 1.88. The fourth-order valence-corrected chi connectivity index (χ4v) is 1.88. The highest BCUT2D eigenvalue weighted by atomic mass is 16.2. The Hall–Kier alpha value is -1.35. The minimum Gasteiger partial charge on any atom is -0.344 e. The van der Waals surface area contributed by atoms with Gasteiger partial charge >= 0.3 is 0 Å². The molecule has 0 radical (unpaired) electrons. The Kier molecular flexibility index (Phi) is 6.44. The topological polar surface area (TPSA) is 46.3 Å². The van der Waals surface area contributed by atoms with Gasteiger partial charge in [0.1, 0.15) is 0 Å². The van der Waals surface area contributed by atoms with Crippen molar-refractivity contribution in [3.05, 3.63) is 35.9 Å². The molecule has 0 aliphatic heterocycles. The van der Waals surface area contributed by atoms with Gasteiger partial charge < -0.3 is 10.6 Å². The molecule has 2 N–H and O–H groups in total. The summed E-state index contributed by atoms with van der Waals surface area (Å²) in [5.74, 6) is 0.0550. The maximum atomic E-state index is 12.0. The summed E-state index contributed by atoms with van der Waals surface area (Å²) in [6, 6.07) is 9.85. The van der Waals surface area contributed by atoms with Crippen LogP contribution in [-0.4, -0.2) is 30.4 Å². The summed E-state index contributed by atoms with van der Waals surface area (Å²) in [6.45, 7) is 2.83. The highest BCUT2D eigenvalue weighted by molar-refractivity contribution is 5.81. The van der Waals surface area contributed by atoms with E-state index in [2.05, 4.69) is 19.1 Å². The molecule has 1 aromatic carbocycles. The highest BCUT2D eigenvalue weighted by Gasteiger charge is 2.16. The van der Waals surface area contributed by atoms with Gasteiger partial charge in [0, 0.05) is 13.6 Å². The molecule has 0 aliphatic carbocycles. The molecule has 0 aliphatic rings. The van der Waals surface area contributed by atoms with Crippen LogP contribution in [0, 0.1) is 0 Å². The normalized spacial score (nSPS) is 12.2. The molecule has 1 atom stereocenters. The van der Waals surface area contributed by atoms with Crippen LogP contribution in [0.15, 0.2) is 30.3 Å². The van der Waals surface area contributed by atoms with Gasteiger partial charge in [-0.1, -0.05) is 50.1 Å². The number of carbonyl (C=O) groups excluding carboxylic acids is 1. The van der Waals surface area contributed by atoms with E-state index in [1.165, 1.54) is 5.56 Å². The number of nitrogens with two attached hydrogens (primary N) is 1. The van der Waals surface area contributed by atoms with Crippen molar-refractivity contribution in [3.8, 4) is 0 Å². The number of unbranched alkanes of at least 4 members (excludes halogenated alkanes) is 1. The van der Waals surface area contributed by atoms with Crippen molar-refractivity contribution in [2.75, 3.05) is 13.6 Å². The minimum absolute atomic E-state index is 0.0550. The van der Waals surface area contributed by atoms with Crippen LogP contribution < -0.4 is 5.73 Å². The smallest absolute Gasteiger partial charge is 0.239 e. The Morgan fingerprint density at radius 2 is 2.00 bits per heavy atom. The summed E-state index contributed by atoms with van der Waals surface area (Å²) in [5.41, 5.74) is 7.13. The third-order valence-corrected chi connectivity index (χ3v) is 3.14. The molecule has 0 unspecified atom stereocenters. The van der Waals surface area contributed by atoms with Gasteiger partial charge in [0.05, 0.1) is 6.04 Å². The molecule has 1 aromatic rings. The van der Waals surface area contributed by atoms with Crippen LogP contribution in [0.3, 0.4) is 0 Å². The average Bonchev–Trinajstić information content (AvgIpc) is 2.42. The molecule has 18 heavy (non-hydrogen) atoms. The van der Waals surface area contributed by atoms with Crippen LogP contribution in [0.25, 0.3) is 0 Å². The lowest BCUT2D eigenvalue weighted by Gasteiger charge is -2.21. The SMILES string of the molecule is CCCC[C@H](N)C(=O)N(C)CCc1ccccc1. The molecule has 0 fully saturated rings. The molecule has 3 nitrogen and oxygen atoms in total. The third-order valence-electron chi connectivity index (χ3n) is 3.14. The van der Waals surface area contributed by atoms with Crippen molar-refractivity contribution in [3.63, 3.8) is 0 Å². The first-order valence-electron chi connectivity index (χ1n) is 6.69. The first-order valence-corrected chi connectivity index (χ1v) is 6.69. The van der Waals surface area contributed by atoms with Crippen molar-refractivity contribution < 1.29 is 4.79 Å². The van der Waals surface area contributed by atoms with Crippen LogP contribution >= 0.6 is 0 Å². The molecule has 0 bridgehead atoms. The second kappa shape index (κ2) is 7.88. The van der Waals surface area contributed by atoms with Crippen LogP contribution in [-0.2, 0) is 11.2 Å². The summed E-state index contributed by atoms with van der Waals surface area (Å²) in [6.07, 6.45) is 3.75. The van der Waals surface area contributed by atoms with Gasteiger partial charge in [0.2, 0.25) is 5.91 Å². The molecular formula is C15H24N2O. The maximum absolute atomic E-state index is 12.0. The van der Waals surface area contributed by atoms with Gasteiger partial charge in [-0.3, -0.25) is 4.79 Å². The number of carbonyl (C=O) groups is 1. The predicted octanol–water partition coefficient (Wildman–Crippen LogP) is 2.21. The lowest BCUT2D eigenvalue weighted by molar-refractivity contribution is -0.131. The summed E-state index contributed by atoms with van der Waals surface area (Å²) < 4.78 is 0. The quantitative estimate of drug-likeness (QED) is 0.804. The zero-order valence-corrected chi connectivity index (χ0v) is 11.4. The highest BCUT2D eigenvalue weighted by Crippen LogP contribution is 2.04. The maximum Gasteiger partial charge on any atom is 0.239 e. The Balaban J connectivity index is 2.35. The van der Waals surface area contributed by atoms with Crippen LogP contribution in [0.5, 0.6) is 0 Å². The number of nitrogens with zero attached hydrogens (tertiary/aromatic N) is 1. The molecule has 3 heteroatoms. The van der Waals surface area contributed by atoms with Crippen molar-refractivity contribution in [1.29, 1.82) is 0 Å². The second-order valence-electron chi connectivity index (χ2n) is 4.74. The number of rotatable bonds is 7. The first kappa shape index (κ1) is 14.7. The second-order valence-corrected chi connectivity index (χ2v) is 4.74. The van der Waals surface area contributed by atoms with Crippen molar-refractivity contribution in [2.45, 2.75) is 38.6 Å². The number of hydrogen-bond acceptors (Lipinski definition) is 2. The van der Waals surface area contributed by atoms with E-state index in [1.807, 2.05) is 25.2 Å². The number of likely N-dealkylation sites (N-methyl/N-ethyl adjacent to an activating group) is 1. The molecular weight excluding hydrogens is 224 g/mol. The Morgan fingerprint density at radius 1 is 1.33 bits per heavy atom. The van der Waals surface area contributed by atoms with E-state index in [9.17, 15) is 4.79 Å². The Labute approximate surface area is 110 Å². The van der Waals surface area contributed by atoms with E-state index < -0.39 is 0 Å². The Morgan fingerprint density at radius 3 is 2.61 bits per heavy atom. The average molecular weight is 248 g/mol. The zero-order chi connectivity index (χ0) is 13.4. The molecule has 0 saturated heterocycles. The summed E-state index contributed by atoms with van der Waals surface area (Å²) in [5, 5.41) is 0. The van der Waals surface area contributed by atoms with Gasteiger partial charge in [0.25, 0.3) is 0 Å². The number of hydrogen-bond donors (Lipinski definition) is 1. The molecule has 100 valence electrons. The van der Waals surface area contributed by atoms with Crippen molar-refractivity contribution in [1.82, 2.24) is 4.90 Å². The first-order chi connectivity index (χ1) is 8.65. The molecule has 0 saturated carbocycles.